The quantitative estimate of drug-likeness (QED) is 0.913. The van der Waals surface area contributed by atoms with Gasteiger partial charge in [-0.25, -0.2) is 13.2 Å². The van der Waals surface area contributed by atoms with Gasteiger partial charge in [0.25, 0.3) is 5.91 Å². The molecule has 0 aliphatic heterocycles. The molecule has 0 atom stereocenters. The average molecular weight is 336 g/mol. The largest absolute Gasteiger partial charge is 0.350 e. The van der Waals surface area contributed by atoms with Crippen molar-refractivity contribution >= 4 is 17.5 Å². The summed E-state index contributed by atoms with van der Waals surface area (Å²) in [4.78, 5) is 24.7. The van der Waals surface area contributed by atoms with Gasteiger partial charge in [-0.05, 0) is 30.3 Å². The van der Waals surface area contributed by atoms with Crippen LogP contribution in [0.3, 0.4) is 0 Å². The lowest BCUT2D eigenvalue weighted by Gasteiger charge is -2.21. The fourth-order valence-corrected chi connectivity index (χ4v) is 2.14. The number of halogens is 3. The Hall–Kier alpha value is -2.83. The fraction of sp³-hybridized carbons (Fsp3) is 0.176. The third-order valence-corrected chi connectivity index (χ3v) is 3.33. The molecule has 0 unspecified atom stereocenters. The summed E-state index contributed by atoms with van der Waals surface area (Å²) in [7, 11) is 0. The molecular formula is C17H15F3N2O2. The molecule has 2 amide bonds. The van der Waals surface area contributed by atoms with Gasteiger partial charge in [-0.2, -0.15) is 0 Å². The number of carbonyl (C=O) groups excluding carboxylic acids is 2. The van der Waals surface area contributed by atoms with Crippen LogP contribution >= 0.6 is 0 Å². The molecular weight excluding hydrogens is 321 g/mol. The molecule has 0 spiro atoms. The maximum Gasteiger partial charge on any atom is 0.251 e. The molecule has 0 aliphatic rings. The van der Waals surface area contributed by atoms with Crippen molar-refractivity contribution in [2.24, 2.45) is 0 Å². The molecule has 1 N–H and O–H groups in total. The first-order valence-electron chi connectivity index (χ1n) is 7.16. The molecule has 0 heterocycles. The van der Waals surface area contributed by atoms with E-state index in [-0.39, 0.29) is 30.2 Å². The molecule has 2 aromatic rings. The number of benzene rings is 2. The van der Waals surface area contributed by atoms with Gasteiger partial charge in [-0.1, -0.05) is 12.1 Å². The standard InChI is InChI=1S/C17H15F3N2O2/c1-11(23)22(16-5-3-2-4-14(16)19)9-8-21-17(24)12-6-7-13(18)15(20)10-12/h2-7,10H,8-9H2,1H3,(H,21,24). The van der Waals surface area contributed by atoms with E-state index in [4.69, 9.17) is 0 Å². The predicted octanol–water partition coefficient (Wildman–Crippen LogP) is 2.89. The van der Waals surface area contributed by atoms with Crippen molar-refractivity contribution in [2.75, 3.05) is 18.0 Å². The highest BCUT2D eigenvalue weighted by molar-refractivity contribution is 5.94. The van der Waals surface area contributed by atoms with Gasteiger partial charge in [-0.15, -0.1) is 0 Å². The Morgan fingerprint density at radius 2 is 1.71 bits per heavy atom. The highest BCUT2D eigenvalue weighted by Crippen LogP contribution is 2.18. The Bertz CT molecular complexity index is 765. The second kappa shape index (κ2) is 7.63. The lowest BCUT2D eigenvalue weighted by atomic mass is 10.2. The normalized spacial score (nSPS) is 10.3. The number of hydrogen-bond donors (Lipinski definition) is 1. The zero-order chi connectivity index (χ0) is 17.7. The van der Waals surface area contributed by atoms with E-state index < -0.39 is 23.4 Å². The Morgan fingerprint density at radius 3 is 2.33 bits per heavy atom. The molecule has 0 saturated heterocycles. The molecule has 0 bridgehead atoms. The Balaban J connectivity index is 2.00. The zero-order valence-corrected chi connectivity index (χ0v) is 12.9. The third-order valence-electron chi connectivity index (χ3n) is 3.33. The van der Waals surface area contributed by atoms with E-state index in [0.717, 1.165) is 18.2 Å². The van der Waals surface area contributed by atoms with Gasteiger partial charge in [0.2, 0.25) is 5.91 Å². The van der Waals surface area contributed by atoms with E-state index >= 15 is 0 Å². The molecule has 0 saturated carbocycles. The minimum atomic E-state index is -1.13. The molecule has 2 rings (SSSR count). The van der Waals surface area contributed by atoms with Gasteiger partial charge in [0.05, 0.1) is 5.69 Å². The topological polar surface area (TPSA) is 49.4 Å². The number of amides is 2. The SMILES string of the molecule is CC(=O)N(CCNC(=O)c1ccc(F)c(F)c1)c1ccccc1F. The van der Waals surface area contributed by atoms with Crippen LogP contribution in [0.15, 0.2) is 42.5 Å². The molecule has 7 heteroatoms. The van der Waals surface area contributed by atoms with E-state index in [9.17, 15) is 22.8 Å². The molecule has 0 fully saturated rings. The molecule has 126 valence electrons. The Morgan fingerprint density at radius 1 is 1.00 bits per heavy atom. The van der Waals surface area contributed by atoms with Gasteiger partial charge in [0.15, 0.2) is 11.6 Å². The summed E-state index contributed by atoms with van der Waals surface area (Å²) in [6.45, 7) is 1.33. The Kier molecular flexibility index (Phi) is 5.57. The van der Waals surface area contributed by atoms with Gasteiger partial charge in [-0.3, -0.25) is 9.59 Å². The first kappa shape index (κ1) is 17.5. The number of anilines is 1. The van der Waals surface area contributed by atoms with E-state index in [1.165, 1.54) is 30.0 Å². The Labute approximate surface area is 136 Å². The van der Waals surface area contributed by atoms with Gasteiger partial charge in [0, 0.05) is 25.6 Å². The van der Waals surface area contributed by atoms with Crippen molar-refractivity contribution < 1.29 is 22.8 Å². The predicted molar refractivity (Wildman–Crippen MR) is 83.1 cm³/mol. The number of nitrogens with zero attached hydrogens (tertiary/aromatic N) is 1. The van der Waals surface area contributed by atoms with E-state index in [1.54, 1.807) is 6.07 Å². The summed E-state index contributed by atoms with van der Waals surface area (Å²) >= 11 is 0. The highest BCUT2D eigenvalue weighted by atomic mass is 19.2. The van der Waals surface area contributed by atoms with Crippen molar-refractivity contribution in [1.82, 2.24) is 5.32 Å². The number of nitrogens with one attached hydrogen (secondary N) is 1. The van der Waals surface area contributed by atoms with Crippen molar-refractivity contribution in [3.63, 3.8) is 0 Å². The van der Waals surface area contributed by atoms with Crippen LogP contribution in [0, 0.1) is 17.5 Å². The minimum absolute atomic E-state index is 0.0196. The smallest absolute Gasteiger partial charge is 0.251 e. The molecule has 4 nitrogen and oxygen atoms in total. The maximum atomic E-state index is 13.8. The number of carbonyl (C=O) groups is 2. The van der Waals surface area contributed by atoms with Crippen molar-refractivity contribution in [2.45, 2.75) is 6.92 Å². The second-order valence-corrected chi connectivity index (χ2v) is 5.01. The maximum absolute atomic E-state index is 13.8. The van der Waals surface area contributed by atoms with E-state index in [0.29, 0.717) is 0 Å². The van der Waals surface area contributed by atoms with Crippen LogP contribution in [0.5, 0.6) is 0 Å². The monoisotopic (exact) mass is 336 g/mol. The summed E-state index contributed by atoms with van der Waals surface area (Å²) in [5.41, 5.74) is 0.0567. The van der Waals surface area contributed by atoms with Crippen LogP contribution in [0.2, 0.25) is 0 Å². The van der Waals surface area contributed by atoms with Crippen LogP contribution in [0.25, 0.3) is 0 Å². The molecule has 0 aromatic heterocycles. The lowest BCUT2D eigenvalue weighted by Crippen LogP contribution is -2.38. The van der Waals surface area contributed by atoms with Crippen LogP contribution in [0.4, 0.5) is 18.9 Å². The minimum Gasteiger partial charge on any atom is -0.350 e. The first-order chi connectivity index (χ1) is 11.4. The molecule has 0 aliphatic carbocycles. The van der Waals surface area contributed by atoms with Crippen molar-refractivity contribution in [1.29, 1.82) is 0 Å². The van der Waals surface area contributed by atoms with Crippen molar-refractivity contribution in [3.8, 4) is 0 Å². The first-order valence-corrected chi connectivity index (χ1v) is 7.16. The van der Waals surface area contributed by atoms with Crippen LogP contribution < -0.4 is 10.2 Å². The molecule has 0 radical (unpaired) electrons. The van der Waals surface area contributed by atoms with Gasteiger partial charge in [0.1, 0.15) is 5.82 Å². The molecule has 2 aromatic carbocycles. The van der Waals surface area contributed by atoms with Crippen molar-refractivity contribution in [3.05, 3.63) is 65.5 Å². The summed E-state index contributed by atoms with van der Waals surface area (Å²) < 4.78 is 39.7. The van der Waals surface area contributed by atoms with Gasteiger partial charge < -0.3 is 10.2 Å². The number of hydrogen-bond acceptors (Lipinski definition) is 2. The fourth-order valence-electron chi connectivity index (χ4n) is 2.14. The summed E-state index contributed by atoms with van der Waals surface area (Å²) in [6.07, 6.45) is 0. The summed E-state index contributed by atoms with van der Waals surface area (Å²) in [5, 5.41) is 2.48. The average Bonchev–Trinajstić information content (AvgIpc) is 2.54. The summed E-state index contributed by atoms with van der Waals surface area (Å²) in [6, 6.07) is 8.55. The van der Waals surface area contributed by atoms with Crippen LogP contribution in [-0.2, 0) is 4.79 Å². The highest BCUT2D eigenvalue weighted by Gasteiger charge is 2.16. The summed E-state index contributed by atoms with van der Waals surface area (Å²) in [5.74, 6) is -3.74. The van der Waals surface area contributed by atoms with E-state index in [2.05, 4.69) is 5.32 Å². The number of para-hydroxylation sites is 1. The van der Waals surface area contributed by atoms with Crippen LogP contribution in [0.1, 0.15) is 17.3 Å². The third kappa shape index (κ3) is 4.13. The zero-order valence-electron chi connectivity index (χ0n) is 12.9. The lowest BCUT2D eigenvalue weighted by molar-refractivity contribution is -0.116. The van der Waals surface area contributed by atoms with Crippen LogP contribution in [-0.4, -0.2) is 24.9 Å². The number of rotatable bonds is 5. The van der Waals surface area contributed by atoms with Gasteiger partial charge >= 0.3 is 0 Å². The second-order valence-electron chi connectivity index (χ2n) is 5.01. The van der Waals surface area contributed by atoms with E-state index in [1.807, 2.05) is 0 Å². The molecule has 24 heavy (non-hydrogen) atoms.